The van der Waals surface area contributed by atoms with E-state index in [1.807, 2.05) is 6.20 Å². The van der Waals surface area contributed by atoms with Crippen molar-refractivity contribution < 1.29 is 0 Å². The zero-order chi connectivity index (χ0) is 19.0. The van der Waals surface area contributed by atoms with Crippen molar-refractivity contribution in [2.75, 3.05) is 18.4 Å². The fraction of sp³-hybridized carbons (Fsp3) is 0.640. The lowest BCUT2D eigenvalue weighted by atomic mass is 9.49. The van der Waals surface area contributed by atoms with Gasteiger partial charge in [-0.2, -0.15) is 0 Å². The number of rotatable bonds is 8. The van der Waals surface area contributed by atoms with E-state index in [0.29, 0.717) is 11.5 Å². The Morgan fingerprint density at radius 3 is 2.46 bits per heavy atom. The predicted octanol–water partition coefficient (Wildman–Crippen LogP) is 5.62. The Hall–Kier alpha value is -1.61. The van der Waals surface area contributed by atoms with Gasteiger partial charge in [0.05, 0.1) is 5.52 Å². The molecule has 3 heteroatoms. The van der Waals surface area contributed by atoms with Crippen LogP contribution in [0.1, 0.15) is 58.3 Å². The molecule has 28 heavy (non-hydrogen) atoms. The first-order valence-corrected chi connectivity index (χ1v) is 11.5. The first kappa shape index (κ1) is 18.4. The minimum absolute atomic E-state index is 0.564. The molecule has 1 aromatic carbocycles. The normalized spacial score (nSPS) is 32.0. The molecule has 2 aromatic rings. The summed E-state index contributed by atoms with van der Waals surface area (Å²) in [6.45, 7) is 4.54. The molecule has 0 aliphatic heterocycles. The van der Waals surface area contributed by atoms with E-state index in [4.69, 9.17) is 0 Å². The second-order valence-electron chi connectivity index (χ2n) is 10.1. The number of hydrogen-bond donors (Lipinski definition) is 2. The van der Waals surface area contributed by atoms with Crippen LogP contribution in [0.5, 0.6) is 0 Å². The van der Waals surface area contributed by atoms with Crippen LogP contribution >= 0.6 is 0 Å². The average Bonchev–Trinajstić information content (AvgIpc) is 2.67. The van der Waals surface area contributed by atoms with Gasteiger partial charge < -0.3 is 10.6 Å². The number of pyridine rings is 1. The summed E-state index contributed by atoms with van der Waals surface area (Å²) in [5, 5.41) is 8.67. The van der Waals surface area contributed by atoms with E-state index in [0.717, 1.165) is 36.2 Å². The van der Waals surface area contributed by atoms with Crippen LogP contribution in [0.3, 0.4) is 0 Å². The number of aromatic nitrogens is 1. The number of benzene rings is 1. The molecule has 6 rings (SSSR count). The van der Waals surface area contributed by atoms with Crippen LogP contribution in [0.4, 0.5) is 5.69 Å². The summed E-state index contributed by atoms with van der Waals surface area (Å²) in [6, 6.07) is 11.0. The molecule has 0 spiro atoms. The van der Waals surface area contributed by atoms with Crippen molar-refractivity contribution >= 4 is 16.6 Å². The van der Waals surface area contributed by atoms with Crippen molar-refractivity contribution in [2.24, 2.45) is 23.2 Å². The molecule has 4 bridgehead atoms. The maximum absolute atomic E-state index is 4.45. The minimum Gasteiger partial charge on any atom is -0.384 e. The van der Waals surface area contributed by atoms with E-state index in [1.165, 1.54) is 43.3 Å². The molecular weight excluding hydrogens is 342 g/mol. The number of nitrogens with zero attached hydrogens (tertiary/aromatic N) is 1. The summed E-state index contributed by atoms with van der Waals surface area (Å²) in [5.41, 5.74) is 2.97. The van der Waals surface area contributed by atoms with Gasteiger partial charge in [-0.25, -0.2) is 0 Å². The molecule has 1 atom stereocenters. The number of para-hydroxylation sites is 1. The zero-order valence-electron chi connectivity index (χ0n) is 17.3. The molecule has 0 amide bonds. The maximum atomic E-state index is 4.45. The highest BCUT2D eigenvalue weighted by molar-refractivity contribution is 5.90. The van der Waals surface area contributed by atoms with Crippen LogP contribution in [-0.2, 0) is 0 Å². The van der Waals surface area contributed by atoms with E-state index in [1.54, 1.807) is 19.3 Å². The van der Waals surface area contributed by atoms with Crippen molar-refractivity contribution in [2.45, 2.75) is 64.3 Å². The predicted molar refractivity (Wildman–Crippen MR) is 118 cm³/mol. The SMILES string of the molecule is CC(CCNc1ccnc2ccccc12)NCCC12CC3CC(CC(C3)C1)C2. The third-order valence-electron chi connectivity index (χ3n) is 7.86. The van der Waals surface area contributed by atoms with Gasteiger partial charge in [-0.1, -0.05) is 18.2 Å². The summed E-state index contributed by atoms with van der Waals surface area (Å²) in [7, 11) is 0. The largest absolute Gasteiger partial charge is 0.384 e. The van der Waals surface area contributed by atoms with Crippen LogP contribution in [0.15, 0.2) is 36.5 Å². The molecule has 2 N–H and O–H groups in total. The van der Waals surface area contributed by atoms with Gasteiger partial charge in [0.2, 0.25) is 0 Å². The van der Waals surface area contributed by atoms with Gasteiger partial charge in [0.25, 0.3) is 0 Å². The molecule has 1 heterocycles. The van der Waals surface area contributed by atoms with Crippen molar-refractivity contribution in [3.63, 3.8) is 0 Å². The number of anilines is 1. The van der Waals surface area contributed by atoms with E-state index in [-0.39, 0.29) is 0 Å². The van der Waals surface area contributed by atoms with Gasteiger partial charge in [0.15, 0.2) is 0 Å². The maximum Gasteiger partial charge on any atom is 0.0722 e. The van der Waals surface area contributed by atoms with Gasteiger partial charge in [0.1, 0.15) is 0 Å². The van der Waals surface area contributed by atoms with Crippen LogP contribution in [0, 0.1) is 23.2 Å². The second kappa shape index (κ2) is 7.67. The third kappa shape index (κ3) is 3.78. The van der Waals surface area contributed by atoms with Gasteiger partial charge in [-0.05, 0) is 100 Å². The Labute approximate surface area is 169 Å². The molecule has 150 valence electrons. The minimum atomic E-state index is 0.564. The molecule has 4 aliphatic rings. The average molecular weight is 378 g/mol. The molecule has 4 saturated carbocycles. The van der Waals surface area contributed by atoms with Crippen LogP contribution < -0.4 is 10.6 Å². The van der Waals surface area contributed by atoms with Crippen LogP contribution in [0.25, 0.3) is 10.9 Å². The van der Waals surface area contributed by atoms with Gasteiger partial charge in [-0.15, -0.1) is 0 Å². The molecule has 1 unspecified atom stereocenters. The van der Waals surface area contributed by atoms with Crippen LogP contribution in [-0.4, -0.2) is 24.1 Å². The molecular formula is C25H35N3. The summed E-state index contributed by atoms with van der Waals surface area (Å²) in [4.78, 5) is 4.45. The number of hydrogen-bond acceptors (Lipinski definition) is 3. The lowest BCUT2D eigenvalue weighted by Gasteiger charge is -2.57. The summed E-state index contributed by atoms with van der Waals surface area (Å²) in [5.74, 6) is 3.22. The third-order valence-corrected chi connectivity index (χ3v) is 7.86. The topological polar surface area (TPSA) is 37.0 Å². The van der Waals surface area contributed by atoms with E-state index >= 15 is 0 Å². The Morgan fingerprint density at radius 1 is 1.00 bits per heavy atom. The molecule has 3 nitrogen and oxygen atoms in total. The Balaban J connectivity index is 1.07. The van der Waals surface area contributed by atoms with E-state index < -0.39 is 0 Å². The summed E-state index contributed by atoms with van der Waals surface area (Å²) in [6.07, 6.45) is 13.7. The molecule has 1 aromatic heterocycles. The van der Waals surface area contributed by atoms with Crippen LogP contribution in [0.2, 0.25) is 0 Å². The fourth-order valence-corrected chi connectivity index (χ4v) is 6.96. The van der Waals surface area contributed by atoms with Crippen molar-refractivity contribution in [3.05, 3.63) is 36.5 Å². The first-order chi connectivity index (χ1) is 13.7. The highest BCUT2D eigenvalue weighted by Gasteiger charge is 2.50. The van der Waals surface area contributed by atoms with Gasteiger partial charge in [-0.3, -0.25) is 4.98 Å². The summed E-state index contributed by atoms with van der Waals surface area (Å²) >= 11 is 0. The standard InChI is InChI=1S/C25H35N3/c1-18(6-9-27-24-7-10-28-23-5-3-2-4-22(23)24)26-11-8-25-15-19-12-20(16-25)14-21(13-19)17-25/h2-5,7,10,18-21,26H,6,8-9,11-17H2,1H3,(H,27,28). The Bertz CT molecular complexity index is 774. The smallest absolute Gasteiger partial charge is 0.0722 e. The van der Waals surface area contributed by atoms with Gasteiger partial charge in [0, 0.05) is 29.9 Å². The fourth-order valence-electron chi connectivity index (χ4n) is 6.96. The highest BCUT2D eigenvalue weighted by atomic mass is 14.9. The lowest BCUT2D eigenvalue weighted by Crippen LogP contribution is -2.47. The Morgan fingerprint density at radius 2 is 1.71 bits per heavy atom. The number of fused-ring (bicyclic) bond motifs is 1. The quantitative estimate of drug-likeness (QED) is 0.627. The highest BCUT2D eigenvalue weighted by Crippen LogP contribution is 2.61. The van der Waals surface area contributed by atoms with Crippen molar-refractivity contribution in [3.8, 4) is 0 Å². The molecule has 0 radical (unpaired) electrons. The van der Waals surface area contributed by atoms with Crippen molar-refractivity contribution in [1.82, 2.24) is 10.3 Å². The first-order valence-electron chi connectivity index (χ1n) is 11.5. The monoisotopic (exact) mass is 377 g/mol. The molecule has 0 saturated heterocycles. The Kier molecular flexibility index (Phi) is 5.04. The second-order valence-corrected chi connectivity index (χ2v) is 10.1. The van der Waals surface area contributed by atoms with Crippen molar-refractivity contribution in [1.29, 1.82) is 0 Å². The lowest BCUT2D eigenvalue weighted by molar-refractivity contribution is -0.0569. The van der Waals surface area contributed by atoms with E-state index in [2.05, 4.69) is 52.9 Å². The molecule has 4 fully saturated rings. The van der Waals surface area contributed by atoms with E-state index in [9.17, 15) is 0 Å². The number of nitrogens with one attached hydrogen (secondary N) is 2. The van der Waals surface area contributed by atoms with Gasteiger partial charge >= 0.3 is 0 Å². The zero-order valence-corrected chi connectivity index (χ0v) is 17.3. The summed E-state index contributed by atoms with van der Waals surface area (Å²) < 4.78 is 0. The molecule has 4 aliphatic carbocycles.